The molecule has 2 aromatic rings. The summed E-state index contributed by atoms with van der Waals surface area (Å²) in [6.07, 6.45) is 0. The molecule has 1 aromatic carbocycles. The van der Waals surface area contributed by atoms with Crippen LogP contribution >= 0.6 is 12.2 Å². The predicted molar refractivity (Wildman–Crippen MR) is 80.3 cm³/mol. The minimum Gasteiger partial charge on any atom is -0.494 e. The van der Waals surface area contributed by atoms with E-state index in [9.17, 15) is 0 Å². The number of benzene rings is 1. The molecule has 5 nitrogen and oxygen atoms in total. The number of ether oxygens (including phenoxy) is 2. The Balaban J connectivity index is 2.25. The van der Waals surface area contributed by atoms with E-state index < -0.39 is 0 Å². The lowest BCUT2D eigenvalue weighted by Crippen LogP contribution is -2.13. The number of hydrogen-bond acceptors (Lipinski definition) is 5. The van der Waals surface area contributed by atoms with Gasteiger partial charge in [0.2, 0.25) is 0 Å². The second-order valence-corrected chi connectivity index (χ2v) is 4.49. The summed E-state index contributed by atoms with van der Waals surface area (Å²) in [5.41, 5.74) is 6.80. The van der Waals surface area contributed by atoms with Crippen LogP contribution in [0.5, 0.6) is 17.5 Å². The molecule has 0 unspecified atom stereocenters. The van der Waals surface area contributed by atoms with Gasteiger partial charge in [0, 0.05) is 11.8 Å². The zero-order valence-corrected chi connectivity index (χ0v) is 12.1. The molecule has 0 aliphatic rings. The third-order valence-electron chi connectivity index (χ3n) is 2.41. The van der Waals surface area contributed by atoms with E-state index in [0.717, 1.165) is 11.4 Å². The van der Waals surface area contributed by atoms with Gasteiger partial charge in [0.25, 0.3) is 0 Å². The van der Waals surface area contributed by atoms with E-state index in [-0.39, 0.29) is 11.0 Å². The van der Waals surface area contributed by atoms with Crippen LogP contribution in [0.15, 0.2) is 30.3 Å². The zero-order valence-electron chi connectivity index (χ0n) is 11.3. The molecule has 6 heteroatoms. The number of rotatable bonds is 5. The van der Waals surface area contributed by atoms with Crippen molar-refractivity contribution in [3.63, 3.8) is 0 Å². The highest BCUT2D eigenvalue weighted by Crippen LogP contribution is 2.23. The van der Waals surface area contributed by atoms with Crippen molar-refractivity contribution in [3.8, 4) is 17.5 Å². The number of hydrogen-bond donors (Lipinski definition) is 1. The third-order valence-corrected chi connectivity index (χ3v) is 2.62. The summed E-state index contributed by atoms with van der Waals surface area (Å²) >= 11 is 4.91. The van der Waals surface area contributed by atoms with Crippen molar-refractivity contribution >= 4 is 17.2 Å². The largest absolute Gasteiger partial charge is 0.494 e. The fourth-order valence-electron chi connectivity index (χ4n) is 1.61. The molecule has 0 saturated carbocycles. The molecule has 0 spiro atoms. The lowest BCUT2D eigenvalue weighted by Gasteiger charge is -2.08. The topological polar surface area (TPSA) is 70.3 Å². The van der Waals surface area contributed by atoms with Gasteiger partial charge in [0.15, 0.2) is 0 Å². The van der Waals surface area contributed by atoms with Crippen molar-refractivity contribution in [2.24, 2.45) is 5.73 Å². The molecule has 1 heterocycles. The molecular weight excluding hydrogens is 274 g/mol. The molecule has 0 aliphatic carbocycles. The summed E-state index contributed by atoms with van der Waals surface area (Å²) in [7, 11) is 0. The van der Waals surface area contributed by atoms with E-state index in [1.54, 1.807) is 18.2 Å². The molecule has 2 rings (SSSR count). The monoisotopic (exact) mass is 289 g/mol. The van der Waals surface area contributed by atoms with Crippen molar-refractivity contribution in [1.82, 2.24) is 9.97 Å². The van der Waals surface area contributed by atoms with Crippen LogP contribution in [0, 0.1) is 6.92 Å². The molecule has 1 aromatic heterocycles. The van der Waals surface area contributed by atoms with Crippen LogP contribution in [0.2, 0.25) is 0 Å². The number of nitrogens with zero attached hydrogens (tertiary/aromatic N) is 2. The van der Waals surface area contributed by atoms with Gasteiger partial charge in [-0.3, -0.25) is 0 Å². The lowest BCUT2D eigenvalue weighted by molar-refractivity contribution is 0.337. The van der Waals surface area contributed by atoms with Crippen molar-refractivity contribution < 1.29 is 9.47 Å². The normalized spacial score (nSPS) is 10.1. The Morgan fingerprint density at radius 2 is 2.00 bits per heavy atom. The molecule has 2 N–H and O–H groups in total. The maximum atomic E-state index is 5.62. The van der Waals surface area contributed by atoms with Crippen molar-refractivity contribution in [2.75, 3.05) is 6.61 Å². The van der Waals surface area contributed by atoms with Gasteiger partial charge in [-0.05, 0) is 32.0 Å². The Hall–Kier alpha value is -2.21. The first-order valence-corrected chi connectivity index (χ1v) is 6.55. The molecule has 20 heavy (non-hydrogen) atoms. The molecule has 0 fully saturated rings. The first-order chi connectivity index (χ1) is 9.58. The Labute approximate surface area is 122 Å². The van der Waals surface area contributed by atoms with Gasteiger partial charge < -0.3 is 15.2 Å². The van der Waals surface area contributed by atoms with Gasteiger partial charge in [0.1, 0.15) is 22.2 Å². The van der Waals surface area contributed by atoms with E-state index in [0.29, 0.717) is 18.1 Å². The van der Waals surface area contributed by atoms with Gasteiger partial charge in [-0.15, -0.1) is 0 Å². The molecular formula is C14H15N3O2S. The maximum Gasteiger partial charge on any atom is 0.322 e. The van der Waals surface area contributed by atoms with Gasteiger partial charge in [-0.1, -0.05) is 18.3 Å². The molecule has 0 amide bonds. The van der Waals surface area contributed by atoms with Crippen LogP contribution in [0.25, 0.3) is 0 Å². The van der Waals surface area contributed by atoms with Crippen LogP contribution in [0.1, 0.15) is 18.3 Å². The molecule has 0 aliphatic heterocycles. The first-order valence-electron chi connectivity index (χ1n) is 6.14. The maximum absolute atomic E-state index is 5.62. The van der Waals surface area contributed by atoms with Crippen LogP contribution in [-0.4, -0.2) is 21.6 Å². The smallest absolute Gasteiger partial charge is 0.322 e. The third kappa shape index (κ3) is 3.64. The standard InChI is InChI=1S/C14H15N3O2S/c1-3-18-10-5-4-6-11(8-10)19-14-16-9(2)7-12(17-14)13(15)20/h4-8H,3H2,1-2H3,(H2,15,20). The average molecular weight is 289 g/mol. The van der Waals surface area contributed by atoms with E-state index in [4.69, 9.17) is 27.4 Å². The van der Waals surface area contributed by atoms with Crippen LogP contribution < -0.4 is 15.2 Å². The predicted octanol–water partition coefficient (Wildman–Crippen LogP) is 2.61. The highest BCUT2D eigenvalue weighted by atomic mass is 32.1. The molecule has 0 bridgehead atoms. The summed E-state index contributed by atoms with van der Waals surface area (Å²) in [4.78, 5) is 8.57. The summed E-state index contributed by atoms with van der Waals surface area (Å²) < 4.78 is 11.0. The number of aromatic nitrogens is 2. The molecule has 104 valence electrons. The molecule has 0 saturated heterocycles. The minimum atomic E-state index is 0.210. The molecule has 0 atom stereocenters. The summed E-state index contributed by atoms with van der Waals surface area (Å²) in [6.45, 7) is 4.34. The Kier molecular flexibility index (Phi) is 4.47. The van der Waals surface area contributed by atoms with E-state index in [2.05, 4.69) is 9.97 Å². The Bertz CT molecular complexity index is 632. The first kappa shape index (κ1) is 14.2. The lowest BCUT2D eigenvalue weighted by atomic mass is 10.3. The highest BCUT2D eigenvalue weighted by Gasteiger charge is 2.07. The molecule has 0 radical (unpaired) electrons. The summed E-state index contributed by atoms with van der Waals surface area (Å²) in [5.74, 6) is 1.32. The number of nitrogens with two attached hydrogens (primary N) is 1. The number of aryl methyl sites for hydroxylation is 1. The van der Waals surface area contributed by atoms with Gasteiger partial charge in [-0.2, -0.15) is 4.98 Å². The second-order valence-electron chi connectivity index (χ2n) is 4.05. The van der Waals surface area contributed by atoms with Crippen LogP contribution in [0.3, 0.4) is 0 Å². The van der Waals surface area contributed by atoms with Gasteiger partial charge in [0.05, 0.1) is 6.61 Å². The Morgan fingerprint density at radius 1 is 1.25 bits per heavy atom. The van der Waals surface area contributed by atoms with Gasteiger partial charge >= 0.3 is 6.01 Å². The van der Waals surface area contributed by atoms with Crippen molar-refractivity contribution in [1.29, 1.82) is 0 Å². The minimum absolute atomic E-state index is 0.210. The van der Waals surface area contributed by atoms with Crippen molar-refractivity contribution in [2.45, 2.75) is 13.8 Å². The quantitative estimate of drug-likeness (QED) is 0.853. The fourth-order valence-corrected chi connectivity index (χ4v) is 1.72. The SMILES string of the molecule is CCOc1cccc(Oc2nc(C)cc(C(N)=S)n2)c1. The van der Waals surface area contributed by atoms with Crippen LogP contribution in [0.4, 0.5) is 0 Å². The van der Waals surface area contributed by atoms with E-state index in [1.165, 1.54) is 0 Å². The van der Waals surface area contributed by atoms with Crippen molar-refractivity contribution in [3.05, 3.63) is 41.7 Å². The second kappa shape index (κ2) is 6.29. The summed E-state index contributed by atoms with van der Waals surface area (Å²) in [6, 6.07) is 9.19. The van der Waals surface area contributed by atoms with E-state index in [1.807, 2.05) is 26.0 Å². The average Bonchev–Trinajstić information content (AvgIpc) is 2.38. The van der Waals surface area contributed by atoms with E-state index >= 15 is 0 Å². The summed E-state index contributed by atoms with van der Waals surface area (Å²) in [5, 5.41) is 0. The highest BCUT2D eigenvalue weighted by molar-refractivity contribution is 7.80. The number of thiocarbonyl (C=S) groups is 1. The fraction of sp³-hybridized carbons (Fsp3) is 0.214. The zero-order chi connectivity index (χ0) is 14.5. The Morgan fingerprint density at radius 3 is 2.70 bits per heavy atom. The van der Waals surface area contributed by atoms with Gasteiger partial charge in [-0.25, -0.2) is 4.98 Å². The van der Waals surface area contributed by atoms with Crippen LogP contribution in [-0.2, 0) is 0 Å².